The Kier molecular flexibility index (Phi) is 7.83. The van der Waals surface area contributed by atoms with Gasteiger partial charge in [0.2, 0.25) is 0 Å². The first-order valence-electron chi connectivity index (χ1n) is 9.64. The molecule has 0 aliphatic carbocycles. The first-order valence-corrected chi connectivity index (χ1v) is 9.64. The number of carbonyl (C=O) groups excluding carboxylic acids is 1. The Labute approximate surface area is 172 Å². The van der Waals surface area contributed by atoms with Crippen molar-refractivity contribution in [2.45, 2.75) is 26.7 Å². The average molecular weight is 409 g/mol. The van der Waals surface area contributed by atoms with Gasteiger partial charge >= 0.3 is 0 Å². The Bertz CT molecular complexity index is 743. The third kappa shape index (κ3) is 5.45. The number of anilines is 1. The Morgan fingerprint density at radius 2 is 2.04 bits per heavy atom. The van der Waals surface area contributed by atoms with Gasteiger partial charge in [-0.15, -0.1) is 12.4 Å². The molecule has 7 nitrogen and oxygen atoms in total. The summed E-state index contributed by atoms with van der Waals surface area (Å²) in [6.45, 7) is 8.17. The lowest BCUT2D eigenvalue weighted by Crippen LogP contribution is -2.39. The molecule has 0 spiro atoms. The van der Waals surface area contributed by atoms with E-state index < -0.39 is 0 Å². The van der Waals surface area contributed by atoms with Crippen LogP contribution in [0.5, 0.6) is 0 Å². The lowest BCUT2D eigenvalue weighted by molar-refractivity contribution is -0.384. The fourth-order valence-corrected chi connectivity index (χ4v) is 4.06. The van der Waals surface area contributed by atoms with E-state index in [1.165, 1.54) is 11.6 Å². The molecule has 1 aromatic rings. The summed E-state index contributed by atoms with van der Waals surface area (Å²) in [6, 6.07) is 4.82. The van der Waals surface area contributed by atoms with Crippen LogP contribution in [0.3, 0.4) is 0 Å². The van der Waals surface area contributed by atoms with Crippen molar-refractivity contribution in [3.8, 4) is 0 Å². The van der Waals surface area contributed by atoms with Crippen LogP contribution in [0.2, 0.25) is 0 Å². The lowest BCUT2D eigenvalue weighted by Gasteiger charge is -2.36. The average Bonchev–Trinajstić information content (AvgIpc) is 2.65. The number of carbonyl (C=O) groups is 1. The van der Waals surface area contributed by atoms with Crippen LogP contribution >= 0.6 is 12.4 Å². The SMILES string of the molecule is CC1CC(C)CN(c2ccc(C(=O)NCC3=CCNCC3)cc2[N+](=O)[O-])C1.Cl. The highest BCUT2D eigenvalue weighted by Crippen LogP contribution is 2.33. The second-order valence-electron chi connectivity index (χ2n) is 7.81. The molecule has 0 radical (unpaired) electrons. The number of amides is 1. The molecule has 0 saturated carbocycles. The van der Waals surface area contributed by atoms with Crippen LogP contribution in [0.1, 0.15) is 37.0 Å². The van der Waals surface area contributed by atoms with E-state index in [4.69, 9.17) is 0 Å². The maximum Gasteiger partial charge on any atom is 0.293 e. The molecule has 1 saturated heterocycles. The maximum absolute atomic E-state index is 12.5. The topological polar surface area (TPSA) is 87.5 Å². The van der Waals surface area contributed by atoms with Crippen LogP contribution < -0.4 is 15.5 Å². The molecule has 8 heteroatoms. The van der Waals surface area contributed by atoms with Crippen molar-refractivity contribution in [2.75, 3.05) is 37.6 Å². The zero-order valence-electron chi connectivity index (χ0n) is 16.4. The standard InChI is InChI=1S/C20H28N4O3.ClH/c1-14-9-15(2)13-23(12-14)18-4-3-17(10-19(18)24(26)27)20(25)22-11-16-5-7-21-8-6-16;/h3-5,10,14-15,21H,6-9,11-13H2,1-2H3,(H,22,25);1H. The largest absolute Gasteiger partial charge is 0.365 e. The minimum absolute atomic E-state index is 0. The van der Waals surface area contributed by atoms with Crippen LogP contribution in [-0.2, 0) is 0 Å². The minimum Gasteiger partial charge on any atom is -0.365 e. The maximum atomic E-state index is 12.5. The molecule has 1 aromatic carbocycles. The highest BCUT2D eigenvalue weighted by Gasteiger charge is 2.27. The van der Waals surface area contributed by atoms with Crippen LogP contribution in [0.4, 0.5) is 11.4 Å². The van der Waals surface area contributed by atoms with Crippen molar-refractivity contribution in [1.29, 1.82) is 0 Å². The molecule has 0 aromatic heterocycles. The number of nitrogens with one attached hydrogen (secondary N) is 2. The van der Waals surface area contributed by atoms with Crippen molar-refractivity contribution in [2.24, 2.45) is 11.8 Å². The van der Waals surface area contributed by atoms with Gasteiger partial charge in [-0.1, -0.05) is 25.5 Å². The van der Waals surface area contributed by atoms with E-state index in [2.05, 4.69) is 35.5 Å². The Morgan fingerprint density at radius 1 is 1.32 bits per heavy atom. The van der Waals surface area contributed by atoms with Crippen molar-refractivity contribution in [1.82, 2.24) is 10.6 Å². The molecule has 154 valence electrons. The van der Waals surface area contributed by atoms with Gasteiger partial charge in [0.25, 0.3) is 11.6 Å². The molecule has 2 heterocycles. The number of hydrogen-bond acceptors (Lipinski definition) is 5. The van der Waals surface area contributed by atoms with E-state index in [0.717, 1.165) is 39.0 Å². The quantitative estimate of drug-likeness (QED) is 0.444. The van der Waals surface area contributed by atoms with Crippen LogP contribution in [0.15, 0.2) is 29.8 Å². The first kappa shape index (κ1) is 22.2. The van der Waals surface area contributed by atoms with Gasteiger partial charge < -0.3 is 15.5 Å². The van der Waals surface area contributed by atoms with Crippen LogP contribution in [0, 0.1) is 22.0 Å². The molecule has 1 amide bonds. The second kappa shape index (κ2) is 9.89. The molecule has 2 aliphatic rings. The predicted molar refractivity (Wildman–Crippen MR) is 113 cm³/mol. The van der Waals surface area contributed by atoms with Gasteiger partial charge in [-0.3, -0.25) is 14.9 Å². The Hall–Kier alpha value is -2.12. The number of nitro benzene ring substituents is 1. The Morgan fingerprint density at radius 3 is 2.64 bits per heavy atom. The summed E-state index contributed by atoms with van der Waals surface area (Å²) in [5.41, 5.74) is 2.13. The summed E-state index contributed by atoms with van der Waals surface area (Å²) in [7, 11) is 0. The number of nitrogens with zero attached hydrogens (tertiary/aromatic N) is 2. The fourth-order valence-electron chi connectivity index (χ4n) is 4.06. The van der Waals surface area contributed by atoms with Crippen LogP contribution in [-0.4, -0.2) is 43.6 Å². The zero-order chi connectivity index (χ0) is 19.4. The highest BCUT2D eigenvalue weighted by atomic mass is 35.5. The molecule has 1 fully saturated rings. The molecular formula is C20H29ClN4O3. The second-order valence-corrected chi connectivity index (χ2v) is 7.81. The normalized spacial score (nSPS) is 22.1. The molecule has 0 bridgehead atoms. The van der Waals surface area contributed by atoms with Gasteiger partial charge in [-0.05, 0) is 43.4 Å². The molecule has 2 unspecified atom stereocenters. The molecular weight excluding hydrogens is 380 g/mol. The van der Waals surface area contributed by atoms with E-state index in [9.17, 15) is 14.9 Å². The highest BCUT2D eigenvalue weighted by molar-refractivity contribution is 5.96. The monoisotopic (exact) mass is 408 g/mol. The summed E-state index contributed by atoms with van der Waals surface area (Å²) in [5, 5.41) is 17.7. The van der Waals surface area contributed by atoms with E-state index in [0.29, 0.717) is 29.6 Å². The molecule has 2 atom stereocenters. The van der Waals surface area contributed by atoms with E-state index in [-0.39, 0.29) is 28.9 Å². The van der Waals surface area contributed by atoms with Gasteiger partial charge in [0.15, 0.2) is 0 Å². The van der Waals surface area contributed by atoms with Crippen molar-refractivity contribution in [3.63, 3.8) is 0 Å². The number of nitro groups is 1. The lowest BCUT2D eigenvalue weighted by atomic mass is 9.91. The minimum atomic E-state index is -0.384. The smallest absolute Gasteiger partial charge is 0.293 e. The summed E-state index contributed by atoms with van der Waals surface area (Å²) in [5.74, 6) is 0.716. The van der Waals surface area contributed by atoms with E-state index in [1.54, 1.807) is 12.1 Å². The third-order valence-corrected chi connectivity index (χ3v) is 5.28. The van der Waals surface area contributed by atoms with Crippen LogP contribution in [0.25, 0.3) is 0 Å². The van der Waals surface area contributed by atoms with Gasteiger partial charge in [0.1, 0.15) is 5.69 Å². The number of benzene rings is 1. The molecule has 2 aliphatic heterocycles. The van der Waals surface area contributed by atoms with Gasteiger partial charge in [-0.2, -0.15) is 0 Å². The fraction of sp³-hybridized carbons (Fsp3) is 0.550. The van der Waals surface area contributed by atoms with Gasteiger partial charge in [0, 0.05) is 37.8 Å². The number of hydrogen-bond donors (Lipinski definition) is 2. The van der Waals surface area contributed by atoms with Crippen molar-refractivity contribution < 1.29 is 9.72 Å². The molecule has 3 rings (SSSR count). The summed E-state index contributed by atoms with van der Waals surface area (Å²) in [6.07, 6.45) is 4.12. The summed E-state index contributed by atoms with van der Waals surface area (Å²) >= 11 is 0. The van der Waals surface area contributed by atoms with Gasteiger partial charge in [0.05, 0.1) is 4.92 Å². The zero-order valence-corrected chi connectivity index (χ0v) is 17.3. The summed E-state index contributed by atoms with van der Waals surface area (Å²) < 4.78 is 0. The van der Waals surface area contributed by atoms with E-state index in [1.807, 2.05) is 0 Å². The van der Waals surface area contributed by atoms with E-state index >= 15 is 0 Å². The van der Waals surface area contributed by atoms with Crippen molar-refractivity contribution in [3.05, 3.63) is 45.5 Å². The number of rotatable bonds is 5. The predicted octanol–water partition coefficient (Wildman–Crippen LogP) is 3.15. The molecule has 2 N–H and O–H groups in total. The molecule has 28 heavy (non-hydrogen) atoms. The van der Waals surface area contributed by atoms with Crippen molar-refractivity contribution >= 4 is 29.7 Å². The Balaban J connectivity index is 0.00000280. The summed E-state index contributed by atoms with van der Waals surface area (Å²) in [4.78, 5) is 25.8. The van der Waals surface area contributed by atoms with Gasteiger partial charge in [-0.25, -0.2) is 0 Å². The number of halogens is 1. The first-order chi connectivity index (χ1) is 12.9. The number of piperidine rings is 1. The third-order valence-electron chi connectivity index (χ3n) is 5.28.